The first kappa shape index (κ1) is 15.0. The Morgan fingerprint density at radius 1 is 1.39 bits per heavy atom. The van der Waals surface area contributed by atoms with Gasteiger partial charge in [0.1, 0.15) is 18.5 Å². The van der Waals surface area contributed by atoms with Crippen LogP contribution in [0.2, 0.25) is 0 Å². The Balaban J connectivity index is 2.26. The van der Waals surface area contributed by atoms with Crippen LogP contribution in [0.3, 0.4) is 0 Å². The van der Waals surface area contributed by atoms with E-state index in [1.807, 2.05) is 38.1 Å². The zero-order valence-corrected chi connectivity index (χ0v) is 11.1. The molecular formula is C14H23NO3. The Morgan fingerprint density at radius 3 is 2.78 bits per heavy atom. The van der Waals surface area contributed by atoms with Gasteiger partial charge in [-0.15, -0.1) is 0 Å². The maximum Gasteiger partial charge on any atom is 0.119 e. The summed E-state index contributed by atoms with van der Waals surface area (Å²) < 4.78 is 5.50. The second-order valence-corrected chi connectivity index (χ2v) is 4.48. The first-order valence-electron chi connectivity index (χ1n) is 6.37. The minimum Gasteiger partial charge on any atom is -0.491 e. The molecule has 1 rings (SSSR count). The van der Waals surface area contributed by atoms with Crippen molar-refractivity contribution in [3.8, 4) is 5.75 Å². The third-order valence-corrected chi connectivity index (χ3v) is 2.79. The zero-order valence-electron chi connectivity index (χ0n) is 11.1. The van der Waals surface area contributed by atoms with Gasteiger partial charge in [-0.05, 0) is 31.0 Å². The lowest BCUT2D eigenvalue weighted by Gasteiger charge is -2.18. The van der Waals surface area contributed by atoms with E-state index in [0.29, 0.717) is 6.54 Å². The molecular weight excluding hydrogens is 230 g/mol. The highest BCUT2D eigenvalue weighted by Crippen LogP contribution is 2.12. The number of benzene rings is 1. The van der Waals surface area contributed by atoms with Crippen molar-refractivity contribution in [1.82, 2.24) is 5.32 Å². The summed E-state index contributed by atoms with van der Waals surface area (Å²) in [5, 5.41) is 21.8. The average molecular weight is 253 g/mol. The standard InChI is InChI=1S/C14H23NO3/c1-3-12(9-16)15-8-13(17)10-18-14-6-4-5-11(2)7-14/h4-7,12-13,15-17H,3,8-10H2,1-2H3. The number of rotatable bonds is 8. The van der Waals surface area contributed by atoms with Crippen LogP contribution in [0.1, 0.15) is 18.9 Å². The fourth-order valence-electron chi connectivity index (χ4n) is 1.60. The summed E-state index contributed by atoms with van der Waals surface area (Å²) in [6.45, 7) is 4.74. The fraction of sp³-hybridized carbons (Fsp3) is 0.571. The first-order chi connectivity index (χ1) is 8.65. The van der Waals surface area contributed by atoms with Crippen molar-refractivity contribution in [3.63, 3.8) is 0 Å². The molecule has 2 atom stereocenters. The molecule has 2 unspecified atom stereocenters. The Hall–Kier alpha value is -1.10. The van der Waals surface area contributed by atoms with Gasteiger partial charge in [0.2, 0.25) is 0 Å². The monoisotopic (exact) mass is 253 g/mol. The van der Waals surface area contributed by atoms with Crippen LogP contribution in [0.4, 0.5) is 0 Å². The van der Waals surface area contributed by atoms with Gasteiger partial charge in [-0.2, -0.15) is 0 Å². The number of nitrogens with one attached hydrogen (secondary N) is 1. The molecule has 0 amide bonds. The van der Waals surface area contributed by atoms with E-state index in [9.17, 15) is 5.11 Å². The van der Waals surface area contributed by atoms with Crippen LogP contribution in [0, 0.1) is 6.92 Å². The van der Waals surface area contributed by atoms with Gasteiger partial charge in [0.25, 0.3) is 0 Å². The maximum absolute atomic E-state index is 9.75. The number of aliphatic hydroxyl groups excluding tert-OH is 2. The number of hydrogen-bond acceptors (Lipinski definition) is 4. The molecule has 0 aliphatic carbocycles. The van der Waals surface area contributed by atoms with Gasteiger partial charge < -0.3 is 20.3 Å². The van der Waals surface area contributed by atoms with Gasteiger partial charge in [0.15, 0.2) is 0 Å². The molecule has 0 heterocycles. The summed E-state index contributed by atoms with van der Waals surface area (Å²) in [5.74, 6) is 0.767. The smallest absolute Gasteiger partial charge is 0.119 e. The normalized spacial score (nSPS) is 14.2. The van der Waals surface area contributed by atoms with Crippen LogP contribution in [0.5, 0.6) is 5.75 Å². The third-order valence-electron chi connectivity index (χ3n) is 2.79. The second kappa shape index (κ2) is 8.08. The first-order valence-corrected chi connectivity index (χ1v) is 6.37. The molecule has 4 heteroatoms. The molecule has 102 valence electrons. The second-order valence-electron chi connectivity index (χ2n) is 4.48. The van der Waals surface area contributed by atoms with Crippen LogP contribution in [-0.4, -0.2) is 42.1 Å². The summed E-state index contributed by atoms with van der Waals surface area (Å²) in [6.07, 6.45) is 0.258. The van der Waals surface area contributed by atoms with Gasteiger partial charge in [0, 0.05) is 12.6 Å². The van der Waals surface area contributed by atoms with Gasteiger partial charge in [-0.25, -0.2) is 0 Å². The molecule has 0 saturated heterocycles. The van der Waals surface area contributed by atoms with Crippen LogP contribution < -0.4 is 10.1 Å². The molecule has 4 nitrogen and oxygen atoms in total. The molecule has 0 fully saturated rings. The van der Waals surface area contributed by atoms with E-state index < -0.39 is 6.10 Å². The van der Waals surface area contributed by atoms with Gasteiger partial charge in [-0.3, -0.25) is 0 Å². The molecule has 0 aromatic heterocycles. The van der Waals surface area contributed by atoms with Gasteiger partial charge in [0.05, 0.1) is 6.61 Å². The van der Waals surface area contributed by atoms with E-state index >= 15 is 0 Å². The number of hydrogen-bond donors (Lipinski definition) is 3. The van der Waals surface area contributed by atoms with Crippen LogP contribution in [0.25, 0.3) is 0 Å². The summed E-state index contributed by atoms with van der Waals surface area (Å²) in [4.78, 5) is 0. The molecule has 3 N–H and O–H groups in total. The van der Waals surface area contributed by atoms with Crippen molar-refractivity contribution in [2.75, 3.05) is 19.8 Å². The lowest BCUT2D eigenvalue weighted by atomic mass is 10.2. The van der Waals surface area contributed by atoms with E-state index in [1.54, 1.807) is 0 Å². The third kappa shape index (κ3) is 5.49. The maximum atomic E-state index is 9.75. The van der Waals surface area contributed by atoms with Crippen molar-refractivity contribution in [3.05, 3.63) is 29.8 Å². The molecule has 18 heavy (non-hydrogen) atoms. The Bertz CT molecular complexity index is 340. The van der Waals surface area contributed by atoms with E-state index in [4.69, 9.17) is 9.84 Å². The van der Waals surface area contributed by atoms with Crippen molar-refractivity contribution in [2.45, 2.75) is 32.4 Å². The summed E-state index contributed by atoms with van der Waals surface area (Å²) in [6, 6.07) is 7.77. The Kier molecular flexibility index (Phi) is 6.72. The largest absolute Gasteiger partial charge is 0.491 e. The highest BCUT2D eigenvalue weighted by Gasteiger charge is 2.09. The predicted molar refractivity (Wildman–Crippen MR) is 71.8 cm³/mol. The van der Waals surface area contributed by atoms with E-state index in [-0.39, 0.29) is 19.3 Å². The quantitative estimate of drug-likeness (QED) is 0.649. The van der Waals surface area contributed by atoms with Crippen LogP contribution >= 0.6 is 0 Å². The van der Waals surface area contributed by atoms with E-state index in [0.717, 1.165) is 17.7 Å². The molecule has 0 saturated carbocycles. The lowest BCUT2D eigenvalue weighted by molar-refractivity contribution is 0.0994. The number of aliphatic hydroxyl groups is 2. The molecule has 1 aromatic carbocycles. The van der Waals surface area contributed by atoms with Crippen molar-refractivity contribution in [1.29, 1.82) is 0 Å². The highest BCUT2D eigenvalue weighted by atomic mass is 16.5. The lowest BCUT2D eigenvalue weighted by Crippen LogP contribution is -2.39. The molecule has 0 spiro atoms. The summed E-state index contributed by atoms with van der Waals surface area (Å²) in [5.41, 5.74) is 1.13. The van der Waals surface area contributed by atoms with Crippen molar-refractivity contribution in [2.24, 2.45) is 0 Å². The minimum absolute atomic E-state index is 0.0404. The van der Waals surface area contributed by atoms with E-state index in [1.165, 1.54) is 0 Å². The Morgan fingerprint density at radius 2 is 2.17 bits per heavy atom. The molecule has 0 aliphatic heterocycles. The summed E-state index contributed by atoms with van der Waals surface area (Å²) in [7, 11) is 0. The SMILES string of the molecule is CCC(CO)NCC(O)COc1cccc(C)c1. The van der Waals surface area contributed by atoms with Gasteiger partial charge in [-0.1, -0.05) is 19.1 Å². The van der Waals surface area contributed by atoms with E-state index in [2.05, 4.69) is 5.32 Å². The minimum atomic E-state index is -0.578. The number of ether oxygens (including phenoxy) is 1. The predicted octanol–water partition coefficient (Wildman–Crippen LogP) is 1.10. The van der Waals surface area contributed by atoms with Crippen LogP contribution in [0.15, 0.2) is 24.3 Å². The molecule has 1 aromatic rings. The highest BCUT2D eigenvalue weighted by molar-refractivity contribution is 5.27. The molecule has 0 radical (unpaired) electrons. The summed E-state index contributed by atoms with van der Waals surface area (Å²) >= 11 is 0. The zero-order chi connectivity index (χ0) is 13.4. The molecule has 0 aliphatic rings. The Labute approximate surface area is 109 Å². The van der Waals surface area contributed by atoms with Gasteiger partial charge >= 0.3 is 0 Å². The topological polar surface area (TPSA) is 61.7 Å². The van der Waals surface area contributed by atoms with Crippen molar-refractivity contribution >= 4 is 0 Å². The molecule has 0 bridgehead atoms. The fourth-order valence-corrected chi connectivity index (χ4v) is 1.60. The average Bonchev–Trinajstić information content (AvgIpc) is 2.37. The van der Waals surface area contributed by atoms with Crippen LogP contribution in [-0.2, 0) is 0 Å². The van der Waals surface area contributed by atoms with Crippen molar-refractivity contribution < 1.29 is 14.9 Å². The number of aryl methyl sites for hydroxylation is 1.